The lowest BCUT2D eigenvalue weighted by Gasteiger charge is -2.21. The van der Waals surface area contributed by atoms with Gasteiger partial charge in [-0.25, -0.2) is 0 Å². The van der Waals surface area contributed by atoms with Gasteiger partial charge in [-0.3, -0.25) is 0 Å². The lowest BCUT2D eigenvalue weighted by molar-refractivity contribution is -0.778. The molecule has 1 aromatic rings. The lowest BCUT2D eigenvalue weighted by atomic mass is 9.83. The Labute approximate surface area is 105 Å². The molecule has 96 valence electrons. The van der Waals surface area contributed by atoms with Crippen molar-refractivity contribution in [3.63, 3.8) is 0 Å². The summed E-state index contributed by atoms with van der Waals surface area (Å²) >= 11 is 0. The van der Waals surface area contributed by atoms with Gasteiger partial charge in [-0.05, 0) is 32.6 Å². The van der Waals surface area contributed by atoms with E-state index in [1.807, 2.05) is 0 Å². The van der Waals surface area contributed by atoms with Gasteiger partial charge in [-0.2, -0.15) is 4.68 Å². The van der Waals surface area contributed by atoms with E-state index in [4.69, 9.17) is 0 Å². The summed E-state index contributed by atoms with van der Waals surface area (Å²) in [5.74, 6) is 1.38. The fourth-order valence-electron chi connectivity index (χ4n) is 2.95. The quantitative estimate of drug-likeness (QED) is 0.786. The Hall–Kier alpha value is -0.860. The molecule has 2 rings (SSSR count). The molecule has 17 heavy (non-hydrogen) atoms. The highest BCUT2D eigenvalue weighted by molar-refractivity contribution is 5.12. The molecule has 3 heteroatoms. The molecule has 0 radical (unpaired) electrons. The fourth-order valence-corrected chi connectivity index (χ4v) is 2.95. The average Bonchev–Trinajstić information content (AvgIpc) is 2.60. The van der Waals surface area contributed by atoms with E-state index in [1.165, 1.54) is 37.1 Å². The van der Waals surface area contributed by atoms with Crippen molar-refractivity contribution >= 4 is 0 Å². The zero-order chi connectivity index (χ0) is 12.4. The first-order chi connectivity index (χ1) is 8.11. The monoisotopic (exact) mass is 236 g/mol. The van der Waals surface area contributed by atoms with Crippen LogP contribution in [0.4, 0.5) is 0 Å². The van der Waals surface area contributed by atoms with E-state index in [1.54, 1.807) is 0 Å². The van der Waals surface area contributed by atoms with Crippen molar-refractivity contribution < 1.29 is 4.68 Å². The second-order valence-electron chi connectivity index (χ2n) is 5.96. The number of H-pyrrole nitrogens is 1. The summed E-state index contributed by atoms with van der Waals surface area (Å²) in [7, 11) is 0. The van der Waals surface area contributed by atoms with Crippen LogP contribution in [-0.2, 0) is 6.42 Å². The summed E-state index contributed by atoms with van der Waals surface area (Å²) in [4.78, 5) is 0. The van der Waals surface area contributed by atoms with Crippen molar-refractivity contribution in [1.82, 2.24) is 10.3 Å². The number of hydrogen-bond acceptors (Lipinski definition) is 1. The molecular weight excluding hydrogens is 210 g/mol. The minimum atomic E-state index is 0.479. The number of aromatic amines is 1. The van der Waals surface area contributed by atoms with Gasteiger partial charge in [0.05, 0.1) is 0 Å². The summed E-state index contributed by atoms with van der Waals surface area (Å²) in [5, 5.41) is 7.77. The summed E-state index contributed by atoms with van der Waals surface area (Å²) in [6.07, 6.45) is 6.48. The van der Waals surface area contributed by atoms with Gasteiger partial charge in [-0.1, -0.05) is 31.9 Å². The van der Waals surface area contributed by atoms with Crippen molar-refractivity contribution in [1.29, 1.82) is 0 Å². The number of nitrogens with one attached hydrogen (secondary N) is 1. The summed E-state index contributed by atoms with van der Waals surface area (Å²) in [6, 6.07) is 0.479. The van der Waals surface area contributed by atoms with Gasteiger partial charge in [0.2, 0.25) is 5.69 Å². The van der Waals surface area contributed by atoms with E-state index in [0.29, 0.717) is 17.9 Å². The van der Waals surface area contributed by atoms with Crippen molar-refractivity contribution in [3.05, 3.63) is 11.4 Å². The molecule has 1 aliphatic rings. The van der Waals surface area contributed by atoms with Gasteiger partial charge < -0.3 is 0 Å². The van der Waals surface area contributed by atoms with Gasteiger partial charge in [0.1, 0.15) is 6.04 Å². The van der Waals surface area contributed by atoms with E-state index in [-0.39, 0.29) is 0 Å². The minimum Gasteiger partial charge on any atom is -0.157 e. The maximum absolute atomic E-state index is 4.55. The first-order valence-corrected chi connectivity index (χ1v) is 7.10. The largest absolute Gasteiger partial charge is 0.221 e. The average molecular weight is 236 g/mol. The molecule has 1 N–H and O–H groups in total. The van der Waals surface area contributed by atoms with Gasteiger partial charge in [-0.15, -0.1) is 0 Å². The summed E-state index contributed by atoms with van der Waals surface area (Å²) < 4.78 is 2.28. The Morgan fingerprint density at radius 3 is 2.59 bits per heavy atom. The fraction of sp³-hybridized carbons (Fsp3) is 0.857. The van der Waals surface area contributed by atoms with Crippen LogP contribution in [-0.4, -0.2) is 10.3 Å². The SMILES string of the molecule is CC(C)C1CCCCCc2n[nH][n+](C(C)C)c21. The van der Waals surface area contributed by atoms with Crippen LogP contribution in [0.3, 0.4) is 0 Å². The third-order valence-electron chi connectivity index (χ3n) is 3.95. The number of rotatable bonds is 2. The van der Waals surface area contributed by atoms with Crippen LogP contribution in [0.25, 0.3) is 0 Å². The van der Waals surface area contributed by atoms with Crippen LogP contribution in [0.2, 0.25) is 0 Å². The van der Waals surface area contributed by atoms with E-state index >= 15 is 0 Å². The van der Waals surface area contributed by atoms with E-state index < -0.39 is 0 Å². The van der Waals surface area contributed by atoms with E-state index in [0.717, 1.165) is 6.42 Å². The van der Waals surface area contributed by atoms with E-state index in [2.05, 4.69) is 42.7 Å². The standard InChI is InChI=1S/C14H25N3/c1-10(2)12-8-6-5-7-9-13-14(12)17(11(3)4)16-15-13/h10-12H,5-9H2,1-4H3/p+1. The lowest BCUT2D eigenvalue weighted by Crippen LogP contribution is -2.44. The van der Waals surface area contributed by atoms with Crippen molar-refractivity contribution in [2.45, 2.75) is 71.8 Å². The highest BCUT2D eigenvalue weighted by Gasteiger charge is 2.32. The van der Waals surface area contributed by atoms with Crippen molar-refractivity contribution in [2.75, 3.05) is 0 Å². The minimum absolute atomic E-state index is 0.479. The molecule has 0 saturated carbocycles. The van der Waals surface area contributed by atoms with Gasteiger partial charge in [0.25, 0.3) is 0 Å². The number of aromatic nitrogens is 3. The van der Waals surface area contributed by atoms with Gasteiger partial charge in [0.15, 0.2) is 5.69 Å². The third-order valence-corrected chi connectivity index (χ3v) is 3.95. The van der Waals surface area contributed by atoms with Crippen LogP contribution >= 0.6 is 0 Å². The Kier molecular flexibility index (Phi) is 3.85. The Balaban J connectivity index is 2.42. The smallest absolute Gasteiger partial charge is 0.157 e. The Bertz CT molecular complexity index is 366. The molecule has 1 aliphatic carbocycles. The zero-order valence-electron chi connectivity index (χ0n) is 11.7. The molecule has 1 unspecified atom stereocenters. The number of aryl methyl sites for hydroxylation is 1. The summed E-state index contributed by atoms with van der Waals surface area (Å²) in [5.41, 5.74) is 2.80. The molecule has 1 heterocycles. The normalized spacial score (nSPS) is 21.4. The molecule has 1 aromatic heterocycles. The molecule has 3 nitrogen and oxygen atoms in total. The molecule has 0 saturated heterocycles. The molecular formula is C14H26N3+. The van der Waals surface area contributed by atoms with Gasteiger partial charge in [0, 0.05) is 17.4 Å². The highest BCUT2D eigenvalue weighted by atomic mass is 15.4. The Morgan fingerprint density at radius 1 is 1.18 bits per heavy atom. The topological polar surface area (TPSA) is 32.6 Å². The zero-order valence-corrected chi connectivity index (χ0v) is 11.7. The first kappa shape index (κ1) is 12.6. The van der Waals surface area contributed by atoms with Crippen molar-refractivity contribution in [2.24, 2.45) is 5.92 Å². The summed E-state index contributed by atoms with van der Waals surface area (Å²) in [6.45, 7) is 9.14. The molecule has 0 aliphatic heterocycles. The van der Waals surface area contributed by atoms with Crippen LogP contribution in [0.1, 0.15) is 76.7 Å². The molecule has 0 amide bonds. The molecule has 0 bridgehead atoms. The number of nitrogens with zero attached hydrogens (tertiary/aromatic N) is 2. The van der Waals surface area contributed by atoms with Crippen LogP contribution < -0.4 is 4.68 Å². The van der Waals surface area contributed by atoms with Crippen LogP contribution in [0, 0.1) is 5.92 Å². The number of hydrogen-bond donors (Lipinski definition) is 1. The predicted octanol–water partition coefficient (Wildman–Crippen LogP) is 3.13. The van der Waals surface area contributed by atoms with Crippen LogP contribution in [0.5, 0.6) is 0 Å². The molecule has 0 fully saturated rings. The van der Waals surface area contributed by atoms with Crippen molar-refractivity contribution in [3.8, 4) is 0 Å². The molecule has 0 spiro atoms. The predicted molar refractivity (Wildman–Crippen MR) is 68.9 cm³/mol. The highest BCUT2D eigenvalue weighted by Crippen LogP contribution is 2.32. The molecule has 0 aromatic carbocycles. The van der Waals surface area contributed by atoms with E-state index in [9.17, 15) is 0 Å². The molecule has 1 atom stereocenters. The second-order valence-corrected chi connectivity index (χ2v) is 5.96. The second kappa shape index (κ2) is 5.19. The number of fused-ring (bicyclic) bond motifs is 1. The maximum atomic E-state index is 4.55. The van der Waals surface area contributed by atoms with Crippen LogP contribution in [0.15, 0.2) is 0 Å². The third kappa shape index (κ3) is 2.53. The first-order valence-electron chi connectivity index (χ1n) is 7.10. The van der Waals surface area contributed by atoms with Gasteiger partial charge >= 0.3 is 0 Å². The Morgan fingerprint density at radius 2 is 1.94 bits per heavy atom. The maximum Gasteiger partial charge on any atom is 0.221 e.